The molecule has 4 aromatic carbocycles. The molecule has 4 N–H and O–H groups in total. The predicted octanol–water partition coefficient (Wildman–Crippen LogP) is 6.42. The molecule has 1 unspecified atom stereocenters. The van der Waals surface area contributed by atoms with E-state index in [2.05, 4.69) is 40.6 Å². The predicted molar refractivity (Wildman–Crippen MR) is 172 cm³/mol. The van der Waals surface area contributed by atoms with Crippen LogP contribution in [0.15, 0.2) is 95.9 Å². The summed E-state index contributed by atoms with van der Waals surface area (Å²) in [6.07, 6.45) is 0. The number of hydrogen-bond acceptors (Lipinski definition) is 7. The third kappa shape index (κ3) is 8.34. The van der Waals surface area contributed by atoms with Crippen LogP contribution in [-0.2, 0) is 11.4 Å². The second kappa shape index (κ2) is 15.0. The Morgan fingerprint density at radius 3 is 2.21 bits per heavy atom. The van der Waals surface area contributed by atoms with Gasteiger partial charge in [-0.15, -0.1) is 0 Å². The molecule has 9 heteroatoms. The van der Waals surface area contributed by atoms with Gasteiger partial charge in [0.25, 0.3) is 5.91 Å². The van der Waals surface area contributed by atoms with E-state index in [1.54, 1.807) is 32.4 Å². The average Bonchev–Trinajstić information content (AvgIpc) is 3.02. The van der Waals surface area contributed by atoms with Crippen molar-refractivity contribution in [1.29, 1.82) is 0 Å². The van der Waals surface area contributed by atoms with Crippen LogP contribution in [0.3, 0.4) is 0 Å². The number of nitrogens with one attached hydrogen (secondary N) is 4. The summed E-state index contributed by atoms with van der Waals surface area (Å²) in [7, 11) is 3.11. The van der Waals surface area contributed by atoms with Gasteiger partial charge in [-0.2, -0.15) is 0 Å². The van der Waals surface area contributed by atoms with Gasteiger partial charge in [0.1, 0.15) is 17.1 Å². The average molecular weight is 587 g/mol. The summed E-state index contributed by atoms with van der Waals surface area (Å²) in [6, 6.07) is 28.5. The van der Waals surface area contributed by atoms with Crippen LogP contribution in [0.2, 0.25) is 0 Å². The first-order chi connectivity index (χ1) is 20.4. The van der Waals surface area contributed by atoms with Crippen molar-refractivity contribution in [2.24, 2.45) is 5.92 Å². The highest BCUT2D eigenvalue weighted by Crippen LogP contribution is 2.32. The molecule has 0 aromatic heterocycles. The van der Waals surface area contributed by atoms with Crippen molar-refractivity contribution in [1.82, 2.24) is 5.32 Å². The van der Waals surface area contributed by atoms with Crippen molar-refractivity contribution in [3.8, 4) is 22.6 Å². The number of carbonyl (C=O) groups excluding carboxylic acids is 1. The molecule has 0 saturated heterocycles. The molecule has 1 atom stereocenters. The number of ether oxygens (including phenoxy) is 2. The van der Waals surface area contributed by atoms with E-state index in [1.807, 2.05) is 66.7 Å². The minimum atomic E-state index is -1.58. The topological polar surface area (TPSA) is 107 Å². The molecule has 0 aliphatic carbocycles. The van der Waals surface area contributed by atoms with E-state index < -0.39 is 11.4 Å². The Bertz CT molecular complexity index is 1480. The molecule has 0 spiro atoms. The highest BCUT2D eigenvalue weighted by Gasteiger charge is 2.20. The lowest BCUT2D eigenvalue weighted by molar-refractivity contribution is 0.0952. The largest absolute Gasteiger partial charge is 0.588 e. The molecule has 42 heavy (non-hydrogen) atoms. The van der Waals surface area contributed by atoms with Crippen LogP contribution in [0.1, 0.15) is 24.2 Å². The molecule has 4 aromatic rings. The van der Waals surface area contributed by atoms with E-state index in [1.165, 1.54) is 0 Å². The fraction of sp³-hybridized carbons (Fsp3) is 0.242. The van der Waals surface area contributed by atoms with Gasteiger partial charge in [0.15, 0.2) is 5.75 Å². The Morgan fingerprint density at radius 1 is 0.762 bits per heavy atom. The minimum Gasteiger partial charge on any atom is -0.588 e. The Kier molecular flexibility index (Phi) is 11.0. The first-order valence-electron chi connectivity index (χ1n) is 13.8. The molecular weight excluding hydrogens is 548 g/mol. The maximum atomic E-state index is 13.5. The third-order valence-corrected chi connectivity index (χ3v) is 7.58. The van der Waals surface area contributed by atoms with Crippen molar-refractivity contribution in [2.75, 3.05) is 49.2 Å². The molecule has 0 bridgehead atoms. The van der Waals surface area contributed by atoms with Gasteiger partial charge in [0.05, 0.1) is 25.5 Å². The third-order valence-electron chi connectivity index (χ3n) is 6.44. The monoisotopic (exact) mass is 586 g/mol. The van der Waals surface area contributed by atoms with Gasteiger partial charge in [-0.25, -0.2) is 4.72 Å². The number of anilines is 3. The Hall–Kier alpha value is -4.34. The molecule has 220 valence electrons. The first kappa shape index (κ1) is 30.6. The second-order valence-corrected chi connectivity index (χ2v) is 11.2. The molecule has 0 radical (unpaired) electrons. The van der Waals surface area contributed by atoms with E-state index >= 15 is 0 Å². The summed E-state index contributed by atoms with van der Waals surface area (Å²) in [5.41, 5.74) is 5.01. The molecule has 0 aliphatic heterocycles. The Balaban J connectivity index is 1.38. The fourth-order valence-electron chi connectivity index (χ4n) is 4.30. The number of benzene rings is 4. The van der Waals surface area contributed by atoms with Gasteiger partial charge in [0.2, 0.25) is 4.90 Å². The van der Waals surface area contributed by atoms with E-state index in [-0.39, 0.29) is 5.91 Å². The maximum Gasteiger partial charge on any atom is 0.255 e. The number of methoxy groups -OCH3 is 2. The van der Waals surface area contributed by atoms with Crippen LogP contribution in [0, 0.1) is 5.92 Å². The standard InChI is InChI=1S/C33H38N4O4S/c1-23(2)22-36-26-10-7-9-24(19-26)25-15-16-31(41-4)32(20-25)42(39)37-28-12-8-11-27(21-28)34-17-18-35-33(38)29-13-5-6-14-30(29)40-3/h5-16,19-21,23,34,36-37H,17-18,22H2,1-4H3,(H,35,38). The van der Waals surface area contributed by atoms with Crippen molar-refractivity contribution < 1.29 is 18.8 Å². The number of hydrogen-bond donors (Lipinski definition) is 4. The number of amides is 1. The van der Waals surface area contributed by atoms with Crippen molar-refractivity contribution in [3.63, 3.8) is 0 Å². The molecule has 4 rings (SSSR count). The maximum absolute atomic E-state index is 13.5. The van der Waals surface area contributed by atoms with Gasteiger partial charge in [-0.3, -0.25) is 4.79 Å². The van der Waals surface area contributed by atoms with Gasteiger partial charge in [-0.05, 0) is 65.6 Å². The van der Waals surface area contributed by atoms with E-state index in [4.69, 9.17) is 9.47 Å². The zero-order valence-corrected chi connectivity index (χ0v) is 25.2. The van der Waals surface area contributed by atoms with Gasteiger partial charge >= 0.3 is 0 Å². The molecular formula is C33H38N4O4S. The first-order valence-corrected chi connectivity index (χ1v) is 15.0. The molecule has 0 aliphatic rings. The smallest absolute Gasteiger partial charge is 0.255 e. The van der Waals surface area contributed by atoms with Crippen LogP contribution < -0.4 is 30.1 Å². The SMILES string of the molecule is COc1ccccc1C(=O)NCCNc1cccc(N[S+]([O-])c2cc(-c3cccc(NCC(C)C)c3)ccc2OC)c1. The van der Waals surface area contributed by atoms with Crippen LogP contribution in [0.25, 0.3) is 11.1 Å². The quantitative estimate of drug-likeness (QED) is 0.0999. The second-order valence-electron chi connectivity index (χ2n) is 10.1. The van der Waals surface area contributed by atoms with Gasteiger partial charge in [0, 0.05) is 37.1 Å². The lowest BCUT2D eigenvalue weighted by Crippen LogP contribution is -2.29. The molecule has 1 amide bonds. The fourth-order valence-corrected chi connectivity index (χ4v) is 5.32. The van der Waals surface area contributed by atoms with Crippen molar-refractivity contribution >= 4 is 34.3 Å². The number of para-hydroxylation sites is 1. The van der Waals surface area contributed by atoms with E-state index in [0.717, 1.165) is 29.0 Å². The molecule has 0 saturated carbocycles. The summed E-state index contributed by atoms with van der Waals surface area (Å²) < 4.78 is 27.4. The summed E-state index contributed by atoms with van der Waals surface area (Å²) in [6.45, 7) is 6.15. The van der Waals surface area contributed by atoms with Crippen molar-refractivity contribution in [3.05, 3.63) is 96.6 Å². The summed E-state index contributed by atoms with van der Waals surface area (Å²) in [4.78, 5) is 13.1. The van der Waals surface area contributed by atoms with Crippen LogP contribution in [0.4, 0.5) is 17.1 Å². The molecule has 0 heterocycles. The normalized spacial score (nSPS) is 11.5. The lowest BCUT2D eigenvalue weighted by Gasteiger charge is -2.16. The lowest BCUT2D eigenvalue weighted by atomic mass is 10.0. The van der Waals surface area contributed by atoms with Crippen molar-refractivity contribution in [2.45, 2.75) is 18.7 Å². The highest BCUT2D eigenvalue weighted by molar-refractivity contribution is 7.92. The zero-order valence-electron chi connectivity index (χ0n) is 24.4. The highest BCUT2D eigenvalue weighted by atomic mass is 32.2. The zero-order chi connectivity index (χ0) is 29.9. The summed E-state index contributed by atoms with van der Waals surface area (Å²) in [5.74, 6) is 1.41. The van der Waals surface area contributed by atoms with Gasteiger partial charge in [-0.1, -0.05) is 50.2 Å². The van der Waals surface area contributed by atoms with Crippen LogP contribution in [-0.4, -0.2) is 44.3 Å². The van der Waals surface area contributed by atoms with E-state index in [9.17, 15) is 9.35 Å². The molecule has 0 fully saturated rings. The molecule has 8 nitrogen and oxygen atoms in total. The minimum absolute atomic E-state index is 0.199. The van der Waals surface area contributed by atoms with Crippen LogP contribution in [0.5, 0.6) is 11.5 Å². The number of rotatable bonds is 14. The Labute approximate surface area is 251 Å². The van der Waals surface area contributed by atoms with Crippen LogP contribution >= 0.6 is 0 Å². The number of carbonyl (C=O) groups is 1. The Morgan fingerprint density at radius 2 is 1.45 bits per heavy atom. The summed E-state index contributed by atoms with van der Waals surface area (Å²) >= 11 is -1.58. The summed E-state index contributed by atoms with van der Waals surface area (Å²) in [5, 5.41) is 9.65. The van der Waals surface area contributed by atoms with E-state index in [0.29, 0.717) is 46.7 Å². The van der Waals surface area contributed by atoms with Gasteiger partial charge < -0.3 is 30.0 Å².